The summed E-state index contributed by atoms with van der Waals surface area (Å²) in [6.45, 7) is 6.44. The maximum absolute atomic E-state index is 6.12. The van der Waals surface area contributed by atoms with Crippen LogP contribution in [0.25, 0.3) is 0 Å². The molecule has 0 bridgehead atoms. The first-order chi connectivity index (χ1) is 9.52. The number of aromatic nitrogens is 1. The molecule has 0 fully saturated rings. The van der Waals surface area contributed by atoms with Crippen molar-refractivity contribution in [2.24, 2.45) is 5.84 Å². The fourth-order valence-electron chi connectivity index (χ4n) is 1.95. The number of hydrazine groups is 1. The van der Waals surface area contributed by atoms with Gasteiger partial charge in [-0.05, 0) is 49.6 Å². The van der Waals surface area contributed by atoms with Crippen molar-refractivity contribution in [1.82, 2.24) is 4.98 Å². The average Bonchev–Trinajstić information content (AvgIpc) is 2.45. The zero-order chi connectivity index (χ0) is 14.7. The Bertz CT molecular complexity index is 629. The van der Waals surface area contributed by atoms with Crippen LogP contribution in [0.15, 0.2) is 24.3 Å². The summed E-state index contributed by atoms with van der Waals surface area (Å²) >= 11 is 6.12. The second kappa shape index (κ2) is 6.11. The van der Waals surface area contributed by atoms with Crippen LogP contribution in [0.3, 0.4) is 0 Å². The predicted octanol–water partition coefficient (Wildman–Crippen LogP) is 3.52. The first-order valence-electron chi connectivity index (χ1n) is 6.34. The molecular weight excluding hydrogens is 274 g/mol. The van der Waals surface area contributed by atoms with Gasteiger partial charge in [-0.25, -0.2) is 10.8 Å². The zero-order valence-electron chi connectivity index (χ0n) is 11.8. The van der Waals surface area contributed by atoms with Gasteiger partial charge in [0.1, 0.15) is 18.2 Å². The number of nitrogens with zero attached hydrogens (tertiary/aromatic N) is 1. The molecule has 4 nitrogen and oxygen atoms in total. The summed E-state index contributed by atoms with van der Waals surface area (Å²) in [5.41, 5.74) is 6.58. The molecule has 0 aliphatic carbocycles. The minimum absolute atomic E-state index is 0.305. The Morgan fingerprint density at radius 3 is 2.55 bits per heavy atom. The molecular formula is C15H18ClN3O. The van der Waals surface area contributed by atoms with E-state index in [9.17, 15) is 0 Å². The van der Waals surface area contributed by atoms with Crippen LogP contribution >= 0.6 is 11.6 Å². The van der Waals surface area contributed by atoms with Crippen molar-refractivity contribution in [2.75, 3.05) is 5.43 Å². The van der Waals surface area contributed by atoms with Gasteiger partial charge in [-0.3, -0.25) is 0 Å². The maximum Gasteiger partial charge on any atom is 0.140 e. The minimum atomic E-state index is 0.305. The second-order valence-corrected chi connectivity index (χ2v) is 5.12. The van der Waals surface area contributed by atoms with Crippen LogP contribution in [0.5, 0.6) is 5.75 Å². The van der Waals surface area contributed by atoms with Gasteiger partial charge in [-0.1, -0.05) is 23.7 Å². The van der Waals surface area contributed by atoms with E-state index in [4.69, 9.17) is 22.2 Å². The Hall–Kier alpha value is -1.78. The number of ether oxygens (including phenoxy) is 1. The third-order valence-electron chi connectivity index (χ3n) is 3.29. The third-order valence-corrected chi connectivity index (χ3v) is 3.64. The van der Waals surface area contributed by atoms with Crippen molar-refractivity contribution in [1.29, 1.82) is 0 Å². The molecule has 0 aliphatic rings. The lowest BCUT2D eigenvalue weighted by molar-refractivity contribution is 0.297. The van der Waals surface area contributed by atoms with Gasteiger partial charge >= 0.3 is 0 Å². The topological polar surface area (TPSA) is 60.2 Å². The molecule has 0 unspecified atom stereocenters. The van der Waals surface area contributed by atoms with Crippen LogP contribution in [-0.2, 0) is 6.61 Å². The number of anilines is 1. The van der Waals surface area contributed by atoms with Gasteiger partial charge in [0, 0.05) is 0 Å². The van der Waals surface area contributed by atoms with E-state index >= 15 is 0 Å². The number of rotatable bonds is 4. The van der Waals surface area contributed by atoms with Crippen molar-refractivity contribution >= 4 is 17.4 Å². The summed E-state index contributed by atoms with van der Waals surface area (Å²) in [5.74, 6) is 6.79. The Morgan fingerprint density at radius 2 is 1.85 bits per heavy atom. The third kappa shape index (κ3) is 3.03. The highest BCUT2D eigenvalue weighted by Gasteiger charge is 2.09. The van der Waals surface area contributed by atoms with Crippen LogP contribution in [0.2, 0.25) is 5.02 Å². The van der Waals surface area contributed by atoms with Crippen LogP contribution < -0.4 is 16.0 Å². The van der Waals surface area contributed by atoms with Gasteiger partial charge in [0.2, 0.25) is 0 Å². The highest BCUT2D eigenvalue weighted by Crippen LogP contribution is 2.27. The van der Waals surface area contributed by atoms with Gasteiger partial charge in [0.05, 0.1) is 10.7 Å². The Morgan fingerprint density at radius 1 is 1.15 bits per heavy atom. The summed E-state index contributed by atoms with van der Waals surface area (Å²) in [6, 6.07) is 7.60. The molecule has 1 heterocycles. The van der Waals surface area contributed by atoms with Crippen molar-refractivity contribution in [3.8, 4) is 5.75 Å². The predicted molar refractivity (Wildman–Crippen MR) is 82.0 cm³/mol. The number of halogens is 1. The molecule has 0 amide bonds. The summed E-state index contributed by atoms with van der Waals surface area (Å²) in [5, 5.41) is 0.562. The molecule has 5 heteroatoms. The standard InChI is InChI=1S/C15H18ClN3O/c1-9-4-5-10(2)15(11(9)3)20-8-13-12(16)6-7-14(18-13)19-17/h4-7H,8,17H2,1-3H3,(H,18,19). The zero-order valence-corrected chi connectivity index (χ0v) is 12.6. The quantitative estimate of drug-likeness (QED) is 0.668. The number of hydrogen-bond donors (Lipinski definition) is 2. The molecule has 2 aromatic rings. The number of hydrogen-bond acceptors (Lipinski definition) is 4. The molecule has 0 saturated heterocycles. The number of nitrogens with one attached hydrogen (secondary N) is 1. The summed E-state index contributed by atoms with van der Waals surface area (Å²) in [6.07, 6.45) is 0. The molecule has 0 radical (unpaired) electrons. The largest absolute Gasteiger partial charge is 0.487 e. The normalized spacial score (nSPS) is 10.4. The molecule has 1 aromatic heterocycles. The molecule has 106 valence electrons. The smallest absolute Gasteiger partial charge is 0.140 e. The van der Waals surface area contributed by atoms with E-state index in [1.807, 2.05) is 19.9 Å². The van der Waals surface area contributed by atoms with Crippen LogP contribution in [-0.4, -0.2) is 4.98 Å². The van der Waals surface area contributed by atoms with Gasteiger partial charge in [-0.2, -0.15) is 0 Å². The van der Waals surface area contributed by atoms with E-state index in [1.165, 1.54) is 5.56 Å². The molecule has 0 saturated carbocycles. The summed E-state index contributed by atoms with van der Waals surface area (Å²) in [4.78, 5) is 4.29. The van der Waals surface area contributed by atoms with Gasteiger partial charge in [0.15, 0.2) is 0 Å². The number of nitrogens with two attached hydrogens (primary N) is 1. The van der Waals surface area contributed by atoms with E-state index < -0.39 is 0 Å². The van der Waals surface area contributed by atoms with Crippen LogP contribution in [0.4, 0.5) is 5.82 Å². The Balaban J connectivity index is 2.23. The first-order valence-corrected chi connectivity index (χ1v) is 6.72. The highest BCUT2D eigenvalue weighted by molar-refractivity contribution is 6.31. The Labute approximate surface area is 123 Å². The maximum atomic E-state index is 6.12. The van der Waals surface area contributed by atoms with Gasteiger partial charge in [-0.15, -0.1) is 0 Å². The van der Waals surface area contributed by atoms with E-state index in [0.717, 1.165) is 16.9 Å². The second-order valence-electron chi connectivity index (χ2n) is 4.71. The summed E-state index contributed by atoms with van der Waals surface area (Å²) < 4.78 is 5.90. The SMILES string of the molecule is Cc1ccc(C)c(OCc2nc(NN)ccc2Cl)c1C. The van der Waals surface area contributed by atoms with E-state index in [-0.39, 0.29) is 0 Å². The Kier molecular flexibility index (Phi) is 4.47. The highest BCUT2D eigenvalue weighted by atomic mass is 35.5. The molecule has 3 N–H and O–H groups in total. The monoisotopic (exact) mass is 291 g/mol. The van der Waals surface area contributed by atoms with E-state index in [1.54, 1.807) is 12.1 Å². The number of nitrogen functional groups attached to an aromatic ring is 1. The van der Waals surface area contributed by atoms with Gasteiger partial charge < -0.3 is 10.2 Å². The van der Waals surface area contributed by atoms with Crippen molar-refractivity contribution < 1.29 is 4.74 Å². The fourth-order valence-corrected chi connectivity index (χ4v) is 2.11. The number of pyridine rings is 1. The lowest BCUT2D eigenvalue weighted by atomic mass is 10.1. The average molecular weight is 292 g/mol. The van der Waals surface area contributed by atoms with Crippen molar-refractivity contribution in [3.63, 3.8) is 0 Å². The molecule has 20 heavy (non-hydrogen) atoms. The summed E-state index contributed by atoms with van der Waals surface area (Å²) in [7, 11) is 0. The van der Waals surface area contributed by atoms with Crippen molar-refractivity contribution in [3.05, 3.63) is 51.7 Å². The van der Waals surface area contributed by atoms with Crippen molar-refractivity contribution in [2.45, 2.75) is 27.4 Å². The van der Waals surface area contributed by atoms with Crippen LogP contribution in [0.1, 0.15) is 22.4 Å². The van der Waals surface area contributed by atoms with Gasteiger partial charge in [0.25, 0.3) is 0 Å². The number of benzene rings is 1. The molecule has 0 spiro atoms. The number of aryl methyl sites for hydroxylation is 2. The van der Waals surface area contributed by atoms with Crippen LogP contribution in [0, 0.1) is 20.8 Å². The lowest BCUT2D eigenvalue weighted by Gasteiger charge is -2.14. The molecule has 0 atom stereocenters. The van der Waals surface area contributed by atoms with E-state index in [2.05, 4.69) is 23.4 Å². The van der Waals surface area contributed by atoms with E-state index in [0.29, 0.717) is 23.1 Å². The first kappa shape index (κ1) is 14.6. The minimum Gasteiger partial charge on any atom is -0.487 e. The molecule has 0 aliphatic heterocycles. The molecule has 2 rings (SSSR count). The lowest BCUT2D eigenvalue weighted by Crippen LogP contribution is -2.10. The molecule has 1 aromatic carbocycles. The fraction of sp³-hybridized carbons (Fsp3) is 0.267.